The molecule has 0 spiro atoms. The largest absolute Gasteiger partial charge is 0.494 e. The van der Waals surface area contributed by atoms with Gasteiger partial charge in [-0.15, -0.1) is 11.3 Å². The average Bonchev–Trinajstić information content (AvgIpc) is 3.10. The fourth-order valence-corrected chi connectivity index (χ4v) is 4.07. The van der Waals surface area contributed by atoms with Crippen molar-refractivity contribution in [3.63, 3.8) is 0 Å². The van der Waals surface area contributed by atoms with Gasteiger partial charge in [-0.1, -0.05) is 25.3 Å². The van der Waals surface area contributed by atoms with Crippen molar-refractivity contribution >= 4 is 17.1 Å². The number of pyridine rings is 1. The number of hydrogen-bond acceptors (Lipinski definition) is 5. The lowest BCUT2D eigenvalue weighted by Gasteiger charge is -2.26. The Kier molecular flexibility index (Phi) is 4.54. The van der Waals surface area contributed by atoms with Gasteiger partial charge in [0, 0.05) is 6.04 Å². The van der Waals surface area contributed by atoms with Gasteiger partial charge < -0.3 is 5.11 Å². The number of carbonyl (C=O) groups excluding carboxylic acids is 1. The van der Waals surface area contributed by atoms with Gasteiger partial charge in [-0.2, -0.15) is 5.26 Å². The van der Waals surface area contributed by atoms with E-state index < -0.39 is 5.56 Å². The van der Waals surface area contributed by atoms with Crippen molar-refractivity contribution < 1.29 is 9.90 Å². The number of aromatic hydroxyl groups is 1. The molecule has 124 valence electrons. The van der Waals surface area contributed by atoms with Crippen molar-refractivity contribution in [1.29, 1.82) is 5.26 Å². The van der Waals surface area contributed by atoms with E-state index in [0.717, 1.165) is 32.1 Å². The summed E-state index contributed by atoms with van der Waals surface area (Å²) in [6.45, 7) is 1.55. The van der Waals surface area contributed by atoms with Crippen molar-refractivity contribution in [3.05, 3.63) is 49.4 Å². The molecule has 0 bridgehead atoms. The minimum Gasteiger partial charge on any atom is -0.494 e. The average molecular weight is 342 g/mol. The molecule has 2 heterocycles. The van der Waals surface area contributed by atoms with E-state index in [-0.39, 0.29) is 34.4 Å². The number of aromatic nitrogens is 1. The predicted octanol–water partition coefficient (Wildman–Crippen LogP) is 3.53. The van der Waals surface area contributed by atoms with Crippen LogP contribution in [0.3, 0.4) is 0 Å². The van der Waals surface area contributed by atoms with Crippen molar-refractivity contribution in [2.24, 2.45) is 0 Å². The maximum atomic E-state index is 12.8. The summed E-state index contributed by atoms with van der Waals surface area (Å²) in [7, 11) is 0. The van der Waals surface area contributed by atoms with Gasteiger partial charge >= 0.3 is 0 Å². The van der Waals surface area contributed by atoms with Crippen LogP contribution in [0.5, 0.6) is 5.88 Å². The van der Waals surface area contributed by atoms with Gasteiger partial charge in [0.1, 0.15) is 11.6 Å². The minimum absolute atomic E-state index is 0.0571. The molecular formula is C18H18N2O3S. The van der Waals surface area contributed by atoms with Crippen LogP contribution in [-0.4, -0.2) is 15.5 Å². The fourth-order valence-electron chi connectivity index (χ4n) is 3.40. The van der Waals surface area contributed by atoms with Crippen LogP contribution in [0.25, 0.3) is 0 Å². The molecule has 0 atom stereocenters. The van der Waals surface area contributed by atoms with E-state index >= 15 is 0 Å². The third-order valence-corrected chi connectivity index (χ3v) is 5.53. The lowest BCUT2D eigenvalue weighted by Crippen LogP contribution is -2.30. The molecule has 0 unspecified atom stereocenters. The maximum Gasteiger partial charge on any atom is 0.271 e. The molecule has 0 saturated heterocycles. The Morgan fingerprint density at radius 1 is 1.38 bits per heavy atom. The zero-order chi connectivity index (χ0) is 17.3. The van der Waals surface area contributed by atoms with Crippen LogP contribution in [0.4, 0.5) is 0 Å². The van der Waals surface area contributed by atoms with Gasteiger partial charge in [0.2, 0.25) is 11.7 Å². The number of rotatable bonds is 3. The minimum atomic E-state index is -0.498. The third-order valence-electron chi connectivity index (χ3n) is 4.66. The summed E-state index contributed by atoms with van der Waals surface area (Å²) in [6, 6.07) is 5.19. The standard InChI is InChI=1S/C18H18N2O3S/c1-11-13(10-19)17(22)20(12-6-3-2-4-7-12)18(23)15(11)16(21)14-8-5-9-24-14/h5,8-9,12,23H,2-4,6-7H2,1H3. The molecule has 2 aromatic rings. The fraction of sp³-hybridized carbons (Fsp3) is 0.389. The monoisotopic (exact) mass is 342 g/mol. The quantitative estimate of drug-likeness (QED) is 0.865. The molecular weight excluding hydrogens is 324 g/mol. The number of hydrogen-bond donors (Lipinski definition) is 1. The first-order valence-electron chi connectivity index (χ1n) is 8.02. The second-order valence-corrected chi connectivity index (χ2v) is 7.03. The van der Waals surface area contributed by atoms with Crippen LogP contribution in [0.2, 0.25) is 0 Å². The Balaban J connectivity index is 2.24. The Morgan fingerprint density at radius 3 is 2.67 bits per heavy atom. The molecule has 0 amide bonds. The van der Waals surface area contributed by atoms with Crippen LogP contribution in [0, 0.1) is 18.3 Å². The van der Waals surface area contributed by atoms with Crippen molar-refractivity contribution in [3.8, 4) is 11.9 Å². The van der Waals surface area contributed by atoms with Crippen LogP contribution in [0.1, 0.15) is 64.5 Å². The molecule has 5 nitrogen and oxygen atoms in total. The zero-order valence-electron chi connectivity index (χ0n) is 13.4. The second kappa shape index (κ2) is 6.62. The molecule has 6 heteroatoms. The third kappa shape index (κ3) is 2.65. The summed E-state index contributed by atoms with van der Waals surface area (Å²) in [5.41, 5.74) is -0.231. The summed E-state index contributed by atoms with van der Waals surface area (Å²) in [5.74, 6) is -0.650. The highest BCUT2D eigenvalue weighted by atomic mass is 32.1. The van der Waals surface area contributed by atoms with Crippen molar-refractivity contribution in [2.75, 3.05) is 0 Å². The number of carbonyl (C=O) groups is 1. The smallest absolute Gasteiger partial charge is 0.271 e. The highest BCUT2D eigenvalue weighted by Gasteiger charge is 2.29. The van der Waals surface area contributed by atoms with Crippen LogP contribution >= 0.6 is 11.3 Å². The van der Waals surface area contributed by atoms with E-state index in [1.165, 1.54) is 15.9 Å². The van der Waals surface area contributed by atoms with Crippen molar-refractivity contribution in [2.45, 2.75) is 45.1 Å². The van der Waals surface area contributed by atoms with Gasteiger partial charge in [-0.3, -0.25) is 14.2 Å². The summed E-state index contributed by atoms with van der Waals surface area (Å²) in [6.07, 6.45) is 4.59. The van der Waals surface area contributed by atoms with Gasteiger partial charge in [-0.05, 0) is 36.8 Å². The second-order valence-electron chi connectivity index (χ2n) is 6.08. The van der Waals surface area contributed by atoms with Crippen LogP contribution in [0.15, 0.2) is 22.3 Å². The van der Waals surface area contributed by atoms with Gasteiger partial charge in [0.05, 0.1) is 10.4 Å². The first-order valence-corrected chi connectivity index (χ1v) is 8.90. The van der Waals surface area contributed by atoms with E-state index in [4.69, 9.17) is 0 Å². The summed E-state index contributed by atoms with van der Waals surface area (Å²) in [4.78, 5) is 25.9. The first kappa shape index (κ1) is 16.5. The van der Waals surface area contributed by atoms with E-state index in [1.807, 2.05) is 6.07 Å². The molecule has 2 aromatic heterocycles. The number of nitriles is 1. The predicted molar refractivity (Wildman–Crippen MR) is 91.7 cm³/mol. The van der Waals surface area contributed by atoms with Crippen molar-refractivity contribution in [1.82, 2.24) is 4.57 Å². The summed E-state index contributed by atoms with van der Waals surface area (Å²) in [5, 5.41) is 21.9. The lowest BCUT2D eigenvalue weighted by molar-refractivity contribution is 0.103. The van der Waals surface area contributed by atoms with E-state index in [0.29, 0.717) is 4.88 Å². The molecule has 1 saturated carbocycles. The normalized spacial score (nSPS) is 15.2. The Morgan fingerprint density at radius 2 is 2.08 bits per heavy atom. The first-order chi connectivity index (χ1) is 11.6. The topological polar surface area (TPSA) is 83.1 Å². The molecule has 0 aliphatic heterocycles. The summed E-state index contributed by atoms with van der Waals surface area (Å²) >= 11 is 1.27. The van der Waals surface area contributed by atoms with Crippen LogP contribution in [-0.2, 0) is 0 Å². The zero-order valence-corrected chi connectivity index (χ0v) is 14.2. The summed E-state index contributed by atoms with van der Waals surface area (Å²) < 4.78 is 1.27. The number of nitrogens with zero attached hydrogens (tertiary/aromatic N) is 2. The molecule has 0 radical (unpaired) electrons. The highest BCUT2D eigenvalue weighted by molar-refractivity contribution is 7.12. The SMILES string of the molecule is Cc1c(C(=O)c2cccs2)c(O)n(C2CCCCC2)c(=O)c1C#N. The van der Waals surface area contributed by atoms with Gasteiger partial charge in [-0.25, -0.2) is 0 Å². The lowest BCUT2D eigenvalue weighted by atomic mass is 9.93. The maximum absolute atomic E-state index is 12.8. The Hall–Kier alpha value is -2.39. The molecule has 24 heavy (non-hydrogen) atoms. The molecule has 3 rings (SSSR count). The van der Waals surface area contributed by atoms with E-state index in [9.17, 15) is 20.0 Å². The van der Waals surface area contributed by atoms with E-state index in [1.54, 1.807) is 24.4 Å². The number of thiophene rings is 1. The molecule has 1 fully saturated rings. The van der Waals surface area contributed by atoms with Gasteiger partial charge in [0.15, 0.2) is 0 Å². The molecule has 0 aromatic carbocycles. The van der Waals surface area contributed by atoms with Gasteiger partial charge in [0.25, 0.3) is 5.56 Å². The number of ketones is 1. The van der Waals surface area contributed by atoms with Crippen LogP contribution < -0.4 is 5.56 Å². The van der Waals surface area contributed by atoms with E-state index in [2.05, 4.69) is 0 Å². The molecule has 1 aliphatic rings. The highest BCUT2D eigenvalue weighted by Crippen LogP contribution is 2.34. The molecule has 1 aliphatic carbocycles. The Bertz CT molecular complexity index is 869. The molecule has 1 N–H and O–H groups in total. The Labute approximate surface area is 143 Å².